The van der Waals surface area contributed by atoms with Crippen LogP contribution in [0.25, 0.3) is 0 Å². The van der Waals surface area contributed by atoms with Crippen LogP contribution in [0, 0.1) is 12.8 Å². The van der Waals surface area contributed by atoms with Gasteiger partial charge in [0.05, 0.1) is 26.2 Å². The second-order valence-electron chi connectivity index (χ2n) is 9.59. The van der Waals surface area contributed by atoms with Gasteiger partial charge in [-0.25, -0.2) is 0 Å². The first-order valence-corrected chi connectivity index (χ1v) is 12.2. The molecule has 0 radical (unpaired) electrons. The minimum absolute atomic E-state index is 0. The molecule has 0 spiro atoms. The predicted molar refractivity (Wildman–Crippen MR) is 124 cm³/mol. The lowest BCUT2D eigenvalue weighted by molar-refractivity contribution is -0.941. The van der Waals surface area contributed by atoms with Crippen molar-refractivity contribution in [3.05, 3.63) is 23.8 Å². The van der Waals surface area contributed by atoms with Gasteiger partial charge in [0.2, 0.25) is 0 Å². The van der Waals surface area contributed by atoms with Crippen LogP contribution in [0.2, 0.25) is 6.04 Å². The SMILES string of the molecule is Cc1cc(N2CCCN(CC[N+](C)(C)C(C)(C)C(C)C[SiH3])CC2)ccc1N.[Cl-]. The molecule has 6 heteroatoms. The monoisotopic (exact) mass is 426 g/mol. The number of nitrogen functional groups attached to an aromatic ring is 1. The van der Waals surface area contributed by atoms with E-state index >= 15 is 0 Å². The van der Waals surface area contributed by atoms with Crippen LogP contribution >= 0.6 is 0 Å². The molecule has 4 nitrogen and oxygen atoms in total. The highest BCUT2D eigenvalue weighted by molar-refractivity contribution is 6.08. The van der Waals surface area contributed by atoms with E-state index in [0.717, 1.165) is 35.7 Å². The van der Waals surface area contributed by atoms with Gasteiger partial charge in [-0.2, -0.15) is 0 Å². The summed E-state index contributed by atoms with van der Waals surface area (Å²) in [5.41, 5.74) is 9.72. The summed E-state index contributed by atoms with van der Waals surface area (Å²) in [5, 5.41) is 0. The van der Waals surface area contributed by atoms with Gasteiger partial charge in [-0.1, -0.05) is 13.0 Å². The number of hydrogen-bond donors (Lipinski definition) is 1. The second kappa shape index (κ2) is 10.3. The van der Waals surface area contributed by atoms with E-state index in [2.05, 4.69) is 63.7 Å². The summed E-state index contributed by atoms with van der Waals surface area (Å²) in [6.45, 7) is 16.5. The molecule has 28 heavy (non-hydrogen) atoms. The zero-order chi connectivity index (χ0) is 20.2. The number of halogens is 1. The molecular formula is C22H43ClN4Si. The zero-order valence-electron chi connectivity index (χ0n) is 19.3. The first kappa shape index (κ1) is 25.3. The summed E-state index contributed by atoms with van der Waals surface area (Å²) in [6.07, 6.45) is 1.23. The third-order valence-corrected chi connectivity index (χ3v) is 8.79. The number of quaternary nitrogens is 1. The van der Waals surface area contributed by atoms with E-state index < -0.39 is 0 Å². The van der Waals surface area contributed by atoms with E-state index in [1.165, 1.54) is 53.6 Å². The first-order valence-electron chi connectivity index (χ1n) is 10.7. The summed E-state index contributed by atoms with van der Waals surface area (Å²) in [5.74, 6) is 0.785. The third kappa shape index (κ3) is 5.88. The Kier molecular flexibility index (Phi) is 9.33. The molecule has 1 aliphatic heterocycles. The van der Waals surface area contributed by atoms with Crippen molar-refractivity contribution in [2.75, 3.05) is 64.0 Å². The number of nitrogens with two attached hydrogens (primary N) is 1. The summed E-state index contributed by atoms with van der Waals surface area (Å²) < 4.78 is 1.10. The smallest absolute Gasteiger partial charge is 0.0954 e. The Hall–Kier alpha value is -0.753. The number of anilines is 2. The fraction of sp³-hybridized carbons (Fsp3) is 0.727. The first-order chi connectivity index (χ1) is 12.6. The van der Waals surface area contributed by atoms with Gasteiger partial charge in [-0.3, -0.25) is 4.90 Å². The van der Waals surface area contributed by atoms with Crippen molar-refractivity contribution in [1.82, 2.24) is 4.90 Å². The fourth-order valence-corrected chi connectivity index (χ4v) is 5.08. The maximum Gasteiger partial charge on any atom is 0.0954 e. The molecule has 162 valence electrons. The number of likely N-dealkylation sites (N-methyl/N-ethyl adjacent to an activating group) is 1. The van der Waals surface area contributed by atoms with Crippen LogP contribution in [0.5, 0.6) is 0 Å². The average molecular weight is 427 g/mol. The maximum absolute atomic E-state index is 5.99. The van der Waals surface area contributed by atoms with Crippen LogP contribution in [-0.4, -0.2) is 78.5 Å². The van der Waals surface area contributed by atoms with E-state index in [1.807, 2.05) is 6.07 Å². The summed E-state index contributed by atoms with van der Waals surface area (Å²) in [4.78, 5) is 5.20. The number of benzene rings is 1. The van der Waals surface area contributed by atoms with Gasteiger partial charge in [-0.05, 0) is 51.0 Å². The summed E-state index contributed by atoms with van der Waals surface area (Å²) in [7, 11) is 6.15. The van der Waals surface area contributed by atoms with Crippen molar-refractivity contribution in [2.45, 2.75) is 45.7 Å². The van der Waals surface area contributed by atoms with E-state index in [4.69, 9.17) is 5.73 Å². The summed E-state index contributed by atoms with van der Waals surface area (Å²) in [6, 6.07) is 7.85. The van der Waals surface area contributed by atoms with Crippen molar-refractivity contribution in [3.8, 4) is 0 Å². The molecule has 2 N–H and O–H groups in total. The molecule has 1 heterocycles. The van der Waals surface area contributed by atoms with Crippen LogP contribution in [0.3, 0.4) is 0 Å². The molecule has 1 aromatic rings. The second-order valence-corrected chi connectivity index (χ2v) is 10.4. The van der Waals surface area contributed by atoms with E-state index in [1.54, 1.807) is 0 Å². The van der Waals surface area contributed by atoms with Crippen LogP contribution in [0.15, 0.2) is 18.2 Å². The lowest BCUT2D eigenvalue weighted by Crippen LogP contribution is -3.00. The highest BCUT2D eigenvalue weighted by Gasteiger charge is 2.40. The molecule has 0 aliphatic carbocycles. The molecule has 2 rings (SSSR count). The fourth-order valence-electron chi connectivity index (χ4n) is 4.09. The maximum atomic E-state index is 5.99. The molecule has 1 unspecified atom stereocenters. The predicted octanol–water partition coefficient (Wildman–Crippen LogP) is -0.632. The van der Waals surface area contributed by atoms with Gasteiger partial charge in [0.1, 0.15) is 0 Å². The highest BCUT2D eigenvalue weighted by Crippen LogP contribution is 2.30. The van der Waals surface area contributed by atoms with Gasteiger partial charge >= 0.3 is 0 Å². The Labute approximate surface area is 182 Å². The minimum atomic E-state index is 0. The number of rotatable bonds is 7. The van der Waals surface area contributed by atoms with Crippen molar-refractivity contribution < 1.29 is 16.9 Å². The molecule has 1 atom stereocenters. The normalized spacial score (nSPS) is 17.9. The molecule has 0 amide bonds. The molecule has 1 saturated heterocycles. The van der Waals surface area contributed by atoms with Gasteiger partial charge in [0.15, 0.2) is 0 Å². The zero-order valence-corrected chi connectivity index (χ0v) is 22.0. The molecule has 0 saturated carbocycles. The topological polar surface area (TPSA) is 32.5 Å². The van der Waals surface area contributed by atoms with Gasteiger partial charge < -0.3 is 27.5 Å². The van der Waals surface area contributed by atoms with Crippen molar-refractivity contribution in [1.29, 1.82) is 0 Å². The third-order valence-electron chi connectivity index (χ3n) is 7.56. The average Bonchev–Trinajstić information content (AvgIpc) is 2.87. The van der Waals surface area contributed by atoms with Gasteiger partial charge in [0, 0.05) is 60.3 Å². The van der Waals surface area contributed by atoms with Crippen LogP contribution < -0.4 is 23.0 Å². The molecule has 0 bridgehead atoms. The van der Waals surface area contributed by atoms with Gasteiger partial charge in [0.25, 0.3) is 0 Å². The van der Waals surface area contributed by atoms with Crippen molar-refractivity contribution in [3.63, 3.8) is 0 Å². The van der Waals surface area contributed by atoms with Crippen molar-refractivity contribution in [2.24, 2.45) is 5.92 Å². The Morgan fingerprint density at radius 1 is 1.18 bits per heavy atom. The molecular weight excluding hydrogens is 384 g/mol. The van der Waals surface area contributed by atoms with E-state index in [0.29, 0.717) is 5.54 Å². The number of hydrogen-bond acceptors (Lipinski definition) is 3. The number of nitrogens with zero attached hydrogens (tertiary/aromatic N) is 3. The molecule has 1 fully saturated rings. The lowest BCUT2D eigenvalue weighted by atomic mass is 9.86. The Balaban J connectivity index is 0.00000392. The largest absolute Gasteiger partial charge is 1.00 e. The molecule has 1 aliphatic rings. The Bertz CT molecular complexity index is 621. The van der Waals surface area contributed by atoms with Crippen molar-refractivity contribution >= 4 is 21.6 Å². The molecule has 1 aromatic carbocycles. The van der Waals surface area contributed by atoms with Crippen LogP contribution in [0.4, 0.5) is 11.4 Å². The Morgan fingerprint density at radius 2 is 1.86 bits per heavy atom. The van der Waals surface area contributed by atoms with Crippen LogP contribution in [-0.2, 0) is 0 Å². The van der Waals surface area contributed by atoms with E-state index in [9.17, 15) is 0 Å². The quantitative estimate of drug-likeness (QED) is 0.358. The standard InChI is InChI=1S/C22H43N4Si.ClH/c1-18-16-20(8-9-21(18)23)25-11-7-10-24(12-13-25)14-15-26(5,6)22(3,4)19(2)17-27;/h8-9,16,19H,7,10-15,17,23H2,1-6,27H3;1H/q+1;/p-1. The van der Waals surface area contributed by atoms with E-state index in [-0.39, 0.29) is 12.4 Å². The van der Waals surface area contributed by atoms with Crippen LogP contribution in [0.1, 0.15) is 32.8 Å². The molecule has 0 aromatic heterocycles. The van der Waals surface area contributed by atoms with Gasteiger partial charge in [-0.15, -0.1) is 0 Å². The minimum Gasteiger partial charge on any atom is -1.00 e. The highest BCUT2D eigenvalue weighted by atomic mass is 35.5. The Morgan fingerprint density at radius 3 is 2.46 bits per heavy atom. The lowest BCUT2D eigenvalue weighted by Gasteiger charge is -2.48. The summed E-state index contributed by atoms with van der Waals surface area (Å²) >= 11 is 0. The number of aryl methyl sites for hydroxylation is 1.